The summed E-state index contributed by atoms with van der Waals surface area (Å²) in [6, 6.07) is 3.04. The lowest BCUT2D eigenvalue weighted by molar-refractivity contribution is -0.121. The Hall–Kier alpha value is -4.46. The number of hydrogen-bond acceptors (Lipinski definition) is 4. The van der Waals surface area contributed by atoms with Crippen LogP contribution in [0.3, 0.4) is 0 Å². The zero-order valence-electron chi connectivity index (χ0n) is 19.2. The molecule has 3 aliphatic rings. The predicted molar refractivity (Wildman–Crippen MR) is 133 cm³/mol. The predicted octanol–water partition coefficient (Wildman–Crippen LogP) is 2.01. The fourth-order valence-electron chi connectivity index (χ4n) is 5.11. The van der Waals surface area contributed by atoms with Crippen molar-refractivity contribution < 1.29 is 18.4 Å². The maximum atomic E-state index is 14.1. The molecule has 3 heterocycles. The summed E-state index contributed by atoms with van der Waals surface area (Å²) in [6.45, 7) is 5.48. The summed E-state index contributed by atoms with van der Waals surface area (Å²) in [6.07, 6.45) is 9.38. The summed E-state index contributed by atoms with van der Waals surface area (Å²) in [7, 11) is 0. The van der Waals surface area contributed by atoms with E-state index < -0.39 is 29.7 Å². The highest BCUT2D eigenvalue weighted by Crippen LogP contribution is 2.25. The third kappa shape index (κ3) is 2.87. The molecule has 36 heavy (non-hydrogen) atoms. The van der Waals surface area contributed by atoms with E-state index >= 15 is 0 Å². The molecule has 6 nitrogen and oxygen atoms in total. The van der Waals surface area contributed by atoms with Crippen molar-refractivity contribution in [1.82, 2.24) is 14.3 Å². The van der Waals surface area contributed by atoms with Crippen LogP contribution in [-0.4, -0.2) is 38.4 Å². The quantitative estimate of drug-likeness (QED) is 0.523. The van der Waals surface area contributed by atoms with Crippen LogP contribution in [0, 0.1) is 0 Å². The molecule has 8 heteroatoms. The van der Waals surface area contributed by atoms with E-state index in [9.17, 15) is 23.2 Å². The van der Waals surface area contributed by atoms with Gasteiger partial charge in [-0.15, -0.1) is 0 Å². The van der Waals surface area contributed by atoms with Crippen molar-refractivity contribution in [3.8, 4) is 0 Å². The van der Waals surface area contributed by atoms with Crippen molar-refractivity contribution in [2.24, 2.45) is 0 Å². The van der Waals surface area contributed by atoms with E-state index in [0.717, 1.165) is 17.1 Å². The highest BCUT2D eigenvalue weighted by atomic mass is 19.2. The first-order valence-electron chi connectivity index (χ1n) is 11.4. The molecular formula is C28H19F2N3O3. The monoisotopic (exact) mass is 483 g/mol. The Morgan fingerprint density at radius 2 is 1.86 bits per heavy atom. The third-order valence-electron chi connectivity index (χ3n) is 6.80. The Kier molecular flexibility index (Phi) is 4.76. The van der Waals surface area contributed by atoms with Gasteiger partial charge in [0, 0.05) is 38.4 Å². The molecule has 0 saturated carbocycles. The molecule has 2 amide bonds. The third-order valence-corrected chi connectivity index (χ3v) is 6.80. The summed E-state index contributed by atoms with van der Waals surface area (Å²) < 4.78 is 29.4. The second kappa shape index (κ2) is 7.78. The minimum Gasteiger partial charge on any atom is -0.269 e. The van der Waals surface area contributed by atoms with E-state index in [1.54, 1.807) is 25.2 Å². The SMILES string of the molecule is C=Cc1c2c3c(ccc2c(=O)n2c4c(nc12)=CC(F)C(F)C=4)C(=O)N(C1=CCC=CC=C1)C(=O)C=3C. The molecule has 2 unspecified atom stereocenters. The van der Waals surface area contributed by atoms with Crippen molar-refractivity contribution >= 4 is 52.0 Å². The van der Waals surface area contributed by atoms with E-state index in [0.29, 0.717) is 28.3 Å². The number of benzene rings is 1. The van der Waals surface area contributed by atoms with Gasteiger partial charge in [0.1, 0.15) is 5.65 Å². The van der Waals surface area contributed by atoms with Crippen LogP contribution in [0.5, 0.6) is 0 Å². The number of hydrogen-bond donors (Lipinski definition) is 0. The fraction of sp³-hybridized carbons (Fsp3) is 0.143. The Balaban J connectivity index is 1.74. The van der Waals surface area contributed by atoms with Gasteiger partial charge >= 0.3 is 0 Å². The van der Waals surface area contributed by atoms with Crippen LogP contribution in [0.1, 0.15) is 29.3 Å². The van der Waals surface area contributed by atoms with Crippen molar-refractivity contribution in [3.63, 3.8) is 0 Å². The molecule has 1 aromatic carbocycles. The average Bonchev–Trinajstić information content (AvgIpc) is 3.03. The largest absolute Gasteiger partial charge is 0.269 e. The Morgan fingerprint density at radius 3 is 2.64 bits per heavy atom. The van der Waals surface area contributed by atoms with E-state index in [4.69, 9.17) is 0 Å². The number of halogens is 2. The van der Waals surface area contributed by atoms with Gasteiger partial charge in [0.05, 0.1) is 10.7 Å². The number of allylic oxidation sites excluding steroid dienone is 5. The molecule has 178 valence electrons. The average molecular weight is 483 g/mol. The second-order valence-electron chi connectivity index (χ2n) is 8.82. The van der Waals surface area contributed by atoms with Crippen LogP contribution in [0.25, 0.3) is 40.2 Å². The van der Waals surface area contributed by atoms with Gasteiger partial charge in [0.2, 0.25) is 0 Å². The number of amides is 2. The lowest BCUT2D eigenvalue weighted by Crippen LogP contribution is -2.45. The van der Waals surface area contributed by atoms with Gasteiger partial charge in [-0.05, 0) is 43.7 Å². The van der Waals surface area contributed by atoms with Gasteiger partial charge in [0.25, 0.3) is 17.4 Å². The first kappa shape index (κ1) is 22.0. The number of pyridine rings is 1. The lowest BCUT2D eigenvalue weighted by Gasteiger charge is -2.27. The van der Waals surface area contributed by atoms with Crippen molar-refractivity contribution in [2.75, 3.05) is 0 Å². The molecule has 0 N–H and O–H groups in total. The van der Waals surface area contributed by atoms with Crippen molar-refractivity contribution in [2.45, 2.75) is 25.7 Å². The maximum absolute atomic E-state index is 14.1. The van der Waals surface area contributed by atoms with Crippen LogP contribution in [0.15, 0.2) is 59.6 Å². The Labute approximate surface area is 202 Å². The molecular weight excluding hydrogens is 464 g/mol. The van der Waals surface area contributed by atoms with Gasteiger partial charge < -0.3 is 0 Å². The Bertz CT molecular complexity index is 1900. The number of alkyl halides is 2. The molecule has 0 bridgehead atoms. The number of fused-ring (bicyclic) bond motifs is 6. The van der Waals surface area contributed by atoms with Crippen LogP contribution in [0.2, 0.25) is 0 Å². The van der Waals surface area contributed by atoms with E-state index in [-0.39, 0.29) is 32.9 Å². The second-order valence-corrected chi connectivity index (χ2v) is 8.82. The van der Waals surface area contributed by atoms with Gasteiger partial charge in [-0.2, -0.15) is 0 Å². The Morgan fingerprint density at radius 1 is 1.08 bits per heavy atom. The smallest absolute Gasteiger partial charge is 0.265 e. The topological polar surface area (TPSA) is 71.8 Å². The summed E-state index contributed by atoms with van der Waals surface area (Å²) >= 11 is 0. The van der Waals surface area contributed by atoms with Gasteiger partial charge in [-0.3, -0.25) is 18.8 Å². The standard InChI is InChI=1S/C28H19F2N3O3/c1-3-16-24-18(28(36)33-22-13-20(30)19(29)12-21(22)31-25(16)33)11-10-17-23(24)14(2)26(34)32(27(17)35)15-8-6-4-5-7-9-15/h3-6,8-13,19-20H,1,7H2,2H3. The normalized spacial score (nSPS) is 21.1. The molecule has 6 rings (SSSR count). The summed E-state index contributed by atoms with van der Waals surface area (Å²) in [4.78, 5) is 46.2. The zero-order chi connectivity index (χ0) is 25.3. The number of carbonyl (C=O) groups is 2. The highest BCUT2D eigenvalue weighted by Gasteiger charge is 2.34. The molecule has 2 aliphatic carbocycles. The first-order valence-corrected chi connectivity index (χ1v) is 11.4. The van der Waals surface area contributed by atoms with Gasteiger partial charge in [-0.1, -0.05) is 37.0 Å². The number of nitrogens with zero attached hydrogens (tertiary/aromatic N) is 3. The number of imidazole rings is 1. The van der Waals surface area contributed by atoms with Crippen molar-refractivity contribution in [1.29, 1.82) is 0 Å². The molecule has 0 saturated heterocycles. The minimum atomic E-state index is -1.90. The number of carbonyl (C=O) groups excluding carboxylic acids is 2. The lowest BCUT2D eigenvalue weighted by atomic mass is 9.93. The molecule has 2 atom stereocenters. The molecule has 1 aliphatic heterocycles. The van der Waals surface area contributed by atoms with Gasteiger partial charge in [-0.25, -0.2) is 18.7 Å². The molecule has 2 aromatic heterocycles. The number of aromatic nitrogens is 2. The summed E-state index contributed by atoms with van der Waals surface area (Å²) in [5.41, 5.74) is 1.07. The highest BCUT2D eigenvalue weighted by molar-refractivity contribution is 6.27. The van der Waals surface area contributed by atoms with Crippen LogP contribution < -0.4 is 21.5 Å². The van der Waals surface area contributed by atoms with E-state index in [1.807, 2.05) is 12.2 Å². The number of rotatable bonds is 2. The molecule has 0 radical (unpaired) electrons. The van der Waals surface area contributed by atoms with Crippen molar-refractivity contribution in [3.05, 3.63) is 92.2 Å². The maximum Gasteiger partial charge on any atom is 0.265 e. The van der Waals surface area contributed by atoms with E-state index in [1.165, 1.54) is 22.6 Å². The van der Waals surface area contributed by atoms with Gasteiger partial charge in [0.15, 0.2) is 12.3 Å². The van der Waals surface area contributed by atoms with E-state index in [2.05, 4.69) is 11.6 Å². The molecule has 0 fully saturated rings. The van der Waals surface area contributed by atoms with Crippen LogP contribution >= 0.6 is 0 Å². The fourth-order valence-corrected chi connectivity index (χ4v) is 5.11. The molecule has 0 spiro atoms. The number of imide groups is 1. The van der Waals surface area contributed by atoms with Crippen LogP contribution in [-0.2, 0) is 4.79 Å². The summed E-state index contributed by atoms with van der Waals surface area (Å²) in [5.74, 6) is -1.00. The minimum absolute atomic E-state index is 0.153. The van der Waals surface area contributed by atoms with Crippen LogP contribution in [0.4, 0.5) is 8.78 Å². The zero-order valence-corrected chi connectivity index (χ0v) is 19.2. The first-order chi connectivity index (χ1) is 17.3. The molecule has 3 aromatic rings. The summed E-state index contributed by atoms with van der Waals surface area (Å²) in [5, 5.41) is 1.24.